The summed E-state index contributed by atoms with van der Waals surface area (Å²) < 4.78 is 26.7. The third-order valence-electron chi connectivity index (χ3n) is 2.89. The zero-order chi connectivity index (χ0) is 13.8. The highest BCUT2D eigenvalue weighted by Gasteiger charge is 2.15. The van der Waals surface area contributed by atoms with E-state index < -0.39 is 17.5 Å². The Kier molecular flexibility index (Phi) is 6.39. The molecule has 0 saturated carbocycles. The van der Waals surface area contributed by atoms with Crippen LogP contribution in [-0.2, 0) is 0 Å². The molecule has 0 fully saturated rings. The van der Waals surface area contributed by atoms with Crippen LogP contribution in [0.25, 0.3) is 0 Å². The van der Waals surface area contributed by atoms with Crippen molar-refractivity contribution in [3.63, 3.8) is 0 Å². The van der Waals surface area contributed by atoms with Gasteiger partial charge < -0.3 is 10.6 Å². The van der Waals surface area contributed by atoms with Crippen molar-refractivity contribution in [2.24, 2.45) is 0 Å². The Morgan fingerprint density at radius 2 is 2.10 bits per heavy atom. The molecule has 1 aliphatic rings. The lowest BCUT2D eigenvalue weighted by atomic mass is 10.1. The first-order valence-electron chi connectivity index (χ1n) is 5.89. The van der Waals surface area contributed by atoms with Crippen LogP contribution < -0.4 is 10.6 Å². The van der Waals surface area contributed by atoms with E-state index in [4.69, 9.17) is 11.6 Å². The molecule has 1 aromatic rings. The number of carbonyl (C=O) groups excluding carboxylic acids is 1. The van der Waals surface area contributed by atoms with E-state index in [2.05, 4.69) is 10.6 Å². The van der Waals surface area contributed by atoms with Crippen LogP contribution in [0.3, 0.4) is 0 Å². The SMILES string of the molecule is Cl.O=C(NCC1=CCNCC1)c1cc(F)c(Cl)cc1F. The molecule has 0 aromatic heterocycles. The molecule has 110 valence electrons. The van der Waals surface area contributed by atoms with Gasteiger partial charge in [-0.3, -0.25) is 4.79 Å². The van der Waals surface area contributed by atoms with Gasteiger partial charge in [-0.15, -0.1) is 12.4 Å². The number of hydrogen-bond acceptors (Lipinski definition) is 2. The predicted octanol–water partition coefficient (Wildman–Crippen LogP) is 2.69. The van der Waals surface area contributed by atoms with Crippen LogP contribution in [0.4, 0.5) is 8.78 Å². The van der Waals surface area contributed by atoms with Gasteiger partial charge in [-0.25, -0.2) is 8.78 Å². The van der Waals surface area contributed by atoms with Crippen molar-refractivity contribution in [1.82, 2.24) is 10.6 Å². The van der Waals surface area contributed by atoms with Gasteiger partial charge in [0.05, 0.1) is 10.6 Å². The van der Waals surface area contributed by atoms with Crippen LogP contribution >= 0.6 is 24.0 Å². The first-order valence-corrected chi connectivity index (χ1v) is 6.27. The van der Waals surface area contributed by atoms with Crippen LogP contribution in [0.1, 0.15) is 16.8 Å². The van der Waals surface area contributed by atoms with Gasteiger partial charge in [0.1, 0.15) is 11.6 Å². The summed E-state index contributed by atoms with van der Waals surface area (Å²) in [6.07, 6.45) is 2.81. The van der Waals surface area contributed by atoms with Crippen molar-refractivity contribution in [1.29, 1.82) is 0 Å². The quantitative estimate of drug-likeness (QED) is 0.663. The van der Waals surface area contributed by atoms with Crippen molar-refractivity contribution < 1.29 is 13.6 Å². The monoisotopic (exact) mass is 322 g/mol. The largest absolute Gasteiger partial charge is 0.348 e. The molecule has 0 aliphatic carbocycles. The van der Waals surface area contributed by atoms with Crippen LogP contribution in [0.2, 0.25) is 5.02 Å². The molecule has 1 aromatic carbocycles. The van der Waals surface area contributed by atoms with Crippen LogP contribution in [0, 0.1) is 11.6 Å². The summed E-state index contributed by atoms with van der Waals surface area (Å²) in [6, 6.07) is 1.61. The fraction of sp³-hybridized carbons (Fsp3) is 0.308. The number of carbonyl (C=O) groups is 1. The summed E-state index contributed by atoms with van der Waals surface area (Å²) in [6.45, 7) is 1.95. The molecule has 0 unspecified atom stereocenters. The molecule has 20 heavy (non-hydrogen) atoms. The van der Waals surface area contributed by atoms with E-state index in [1.165, 1.54) is 0 Å². The van der Waals surface area contributed by atoms with E-state index in [0.717, 1.165) is 37.2 Å². The first-order chi connectivity index (χ1) is 9.08. The molecule has 1 amide bonds. The van der Waals surface area contributed by atoms with Crippen molar-refractivity contribution in [3.8, 4) is 0 Å². The Bertz CT molecular complexity index is 535. The smallest absolute Gasteiger partial charge is 0.254 e. The molecule has 2 rings (SSSR count). The molecule has 1 heterocycles. The molecule has 0 spiro atoms. The number of rotatable bonds is 3. The molecule has 0 bridgehead atoms. The average Bonchev–Trinajstić information content (AvgIpc) is 2.41. The first kappa shape index (κ1) is 16.9. The lowest BCUT2D eigenvalue weighted by Crippen LogP contribution is -2.30. The predicted molar refractivity (Wildman–Crippen MR) is 76.5 cm³/mol. The minimum Gasteiger partial charge on any atom is -0.348 e. The van der Waals surface area contributed by atoms with Gasteiger partial charge in [-0.1, -0.05) is 23.3 Å². The fourth-order valence-electron chi connectivity index (χ4n) is 1.82. The Balaban J connectivity index is 0.00000200. The number of hydrogen-bond donors (Lipinski definition) is 2. The van der Waals surface area contributed by atoms with Crippen molar-refractivity contribution in [2.45, 2.75) is 6.42 Å². The topological polar surface area (TPSA) is 41.1 Å². The van der Waals surface area contributed by atoms with Crippen molar-refractivity contribution in [2.75, 3.05) is 19.6 Å². The Hall–Kier alpha value is -1.17. The zero-order valence-electron chi connectivity index (χ0n) is 10.5. The maximum absolute atomic E-state index is 13.5. The number of amides is 1. The summed E-state index contributed by atoms with van der Waals surface area (Å²) in [7, 11) is 0. The van der Waals surface area contributed by atoms with Gasteiger partial charge >= 0.3 is 0 Å². The van der Waals surface area contributed by atoms with Crippen LogP contribution in [-0.4, -0.2) is 25.5 Å². The maximum Gasteiger partial charge on any atom is 0.254 e. The van der Waals surface area contributed by atoms with E-state index in [0.29, 0.717) is 6.54 Å². The summed E-state index contributed by atoms with van der Waals surface area (Å²) in [5.74, 6) is -2.29. The molecule has 7 heteroatoms. The fourth-order valence-corrected chi connectivity index (χ4v) is 1.97. The molecule has 0 radical (unpaired) electrons. The zero-order valence-corrected chi connectivity index (χ0v) is 12.1. The molecular weight excluding hydrogens is 309 g/mol. The molecular formula is C13H14Cl2F2N2O. The van der Waals surface area contributed by atoms with Gasteiger partial charge in [-0.2, -0.15) is 0 Å². The van der Waals surface area contributed by atoms with E-state index in [1.807, 2.05) is 6.08 Å². The van der Waals surface area contributed by atoms with Gasteiger partial charge in [-0.05, 0) is 25.1 Å². The van der Waals surface area contributed by atoms with E-state index >= 15 is 0 Å². The second-order valence-electron chi connectivity index (χ2n) is 4.25. The lowest BCUT2D eigenvalue weighted by Gasteiger charge is -2.14. The second kappa shape index (κ2) is 7.57. The Morgan fingerprint density at radius 1 is 1.35 bits per heavy atom. The molecule has 0 saturated heterocycles. The molecule has 1 aliphatic heterocycles. The van der Waals surface area contributed by atoms with Gasteiger partial charge in [0, 0.05) is 13.1 Å². The minimum absolute atomic E-state index is 0. The van der Waals surface area contributed by atoms with E-state index in [-0.39, 0.29) is 23.0 Å². The summed E-state index contributed by atoms with van der Waals surface area (Å²) in [5, 5.41) is 5.38. The number of halogens is 4. The van der Waals surface area contributed by atoms with Crippen molar-refractivity contribution in [3.05, 3.63) is 46.0 Å². The van der Waals surface area contributed by atoms with Gasteiger partial charge in [0.15, 0.2) is 0 Å². The molecule has 2 N–H and O–H groups in total. The van der Waals surface area contributed by atoms with Gasteiger partial charge in [0.25, 0.3) is 5.91 Å². The third-order valence-corrected chi connectivity index (χ3v) is 3.18. The Morgan fingerprint density at radius 3 is 2.75 bits per heavy atom. The van der Waals surface area contributed by atoms with Crippen LogP contribution in [0.15, 0.2) is 23.8 Å². The highest BCUT2D eigenvalue weighted by atomic mass is 35.5. The van der Waals surface area contributed by atoms with Crippen molar-refractivity contribution >= 4 is 29.9 Å². The van der Waals surface area contributed by atoms with E-state index in [1.54, 1.807) is 0 Å². The third kappa shape index (κ3) is 4.16. The second-order valence-corrected chi connectivity index (χ2v) is 4.65. The number of nitrogens with one attached hydrogen (secondary N) is 2. The normalized spacial score (nSPS) is 14.2. The standard InChI is InChI=1S/C13H13ClF2N2O.ClH/c14-10-6-11(15)9(5-12(10)16)13(19)18-7-8-1-3-17-4-2-8;/h1,5-6,17H,2-4,7H2,(H,18,19);1H. The summed E-state index contributed by atoms with van der Waals surface area (Å²) >= 11 is 5.43. The average molecular weight is 323 g/mol. The maximum atomic E-state index is 13.5. The minimum atomic E-state index is -0.830. The summed E-state index contributed by atoms with van der Waals surface area (Å²) in [5.41, 5.74) is 0.735. The molecule has 3 nitrogen and oxygen atoms in total. The molecule has 0 atom stereocenters. The van der Waals surface area contributed by atoms with Crippen LogP contribution in [0.5, 0.6) is 0 Å². The number of benzene rings is 1. The highest BCUT2D eigenvalue weighted by Crippen LogP contribution is 2.19. The van der Waals surface area contributed by atoms with Gasteiger partial charge in [0.2, 0.25) is 0 Å². The Labute approximate surface area is 126 Å². The summed E-state index contributed by atoms with van der Waals surface area (Å²) in [4.78, 5) is 11.8. The lowest BCUT2D eigenvalue weighted by molar-refractivity contribution is 0.0952. The highest BCUT2D eigenvalue weighted by molar-refractivity contribution is 6.30. The van der Waals surface area contributed by atoms with E-state index in [9.17, 15) is 13.6 Å².